The quantitative estimate of drug-likeness (QED) is 0.777. The lowest BCUT2D eigenvalue weighted by Crippen LogP contribution is -2.27. The standard InChI is InChI=1S/C15H20O5S/c1-19-13-4-3-5-14(13)20-15(16)12-8-6-11(7-9-12)10-21(2,17)18/h6-9,13-14H,3-5,10H2,1-2H3/t13-,14-/m0/s1. The molecule has 6 heteroatoms. The summed E-state index contributed by atoms with van der Waals surface area (Å²) in [5.74, 6) is -0.425. The van der Waals surface area contributed by atoms with Crippen LogP contribution >= 0.6 is 0 Å². The molecule has 0 aromatic heterocycles. The minimum atomic E-state index is -3.07. The Morgan fingerprint density at radius 2 is 1.81 bits per heavy atom. The molecule has 0 bridgehead atoms. The van der Waals surface area contributed by atoms with Crippen molar-refractivity contribution in [3.05, 3.63) is 35.4 Å². The lowest BCUT2D eigenvalue weighted by molar-refractivity contribution is -0.0206. The first kappa shape index (κ1) is 16.0. The van der Waals surface area contributed by atoms with Gasteiger partial charge in [0.2, 0.25) is 0 Å². The van der Waals surface area contributed by atoms with Gasteiger partial charge >= 0.3 is 5.97 Å². The average Bonchev–Trinajstić information content (AvgIpc) is 2.85. The number of rotatable bonds is 5. The van der Waals surface area contributed by atoms with Crippen LogP contribution in [0.15, 0.2) is 24.3 Å². The molecule has 2 atom stereocenters. The Balaban J connectivity index is 2.00. The van der Waals surface area contributed by atoms with E-state index in [1.807, 2.05) is 0 Å². The summed E-state index contributed by atoms with van der Waals surface area (Å²) < 4.78 is 33.2. The third-order valence-electron chi connectivity index (χ3n) is 3.57. The summed E-state index contributed by atoms with van der Waals surface area (Å²) in [5, 5.41) is 0. The van der Waals surface area contributed by atoms with Crippen LogP contribution in [0.3, 0.4) is 0 Å². The van der Waals surface area contributed by atoms with Gasteiger partial charge in [0.1, 0.15) is 6.10 Å². The maximum Gasteiger partial charge on any atom is 0.338 e. The van der Waals surface area contributed by atoms with Gasteiger partial charge in [-0.2, -0.15) is 0 Å². The Hall–Kier alpha value is -1.40. The van der Waals surface area contributed by atoms with E-state index >= 15 is 0 Å². The first-order chi connectivity index (χ1) is 9.89. The summed E-state index contributed by atoms with van der Waals surface area (Å²) in [5.41, 5.74) is 1.08. The van der Waals surface area contributed by atoms with Crippen LogP contribution in [0.2, 0.25) is 0 Å². The molecule has 0 heterocycles. The minimum absolute atomic E-state index is 0.0292. The first-order valence-electron chi connectivity index (χ1n) is 6.89. The number of esters is 1. The van der Waals surface area contributed by atoms with Gasteiger partial charge in [0.15, 0.2) is 9.84 Å². The van der Waals surface area contributed by atoms with Gasteiger partial charge in [-0.3, -0.25) is 0 Å². The van der Waals surface area contributed by atoms with Crippen molar-refractivity contribution in [3.8, 4) is 0 Å². The SMILES string of the molecule is CO[C@H]1CCC[C@@H]1OC(=O)c1ccc(CS(C)(=O)=O)cc1. The van der Waals surface area contributed by atoms with E-state index in [1.165, 1.54) is 6.26 Å². The predicted molar refractivity (Wildman–Crippen MR) is 78.8 cm³/mol. The van der Waals surface area contributed by atoms with E-state index in [4.69, 9.17) is 9.47 Å². The van der Waals surface area contributed by atoms with Crippen LogP contribution in [0.25, 0.3) is 0 Å². The highest BCUT2D eigenvalue weighted by atomic mass is 32.2. The van der Waals surface area contributed by atoms with Crippen molar-refractivity contribution in [2.24, 2.45) is 0 Å². The summed E-state index contributed by atoms with van der Waals surface area (Å²) in [7, 11) is -1.45. The maximum absolute atomic E-state index is 12.1. The number of methoxy groups -OCH3 is 1. The molecule has 2 rings (SSSR count). The fraction of sp³-hybridized carbons (Fsp3) is 0.533. The van der Waals surface area contributed by atoms with Gasteiger partial charge in [0.25, 0.3) is 0 Å². The first-order valence-corrected chi connectivity index (χ1v) is 8.95. The van der Waals surface area contributed by atoms with Crippen molar-refractivity contribution in [2.75, 3.05) is 13.4 Å². The van der Waals surface area contributed by atoms with Crippen molar-refractivity contribution in [1.82, 2.24) is 0 Å². The summed E-state index contributed by atoms with van der Waals surface area (Å²) in [6.07, 6.45) is 3.67. The fourth-order valence-electron chi connectivity index (χ4n) is 2.54. The number of ether oxygens (including phenoxy) is 2. The lowest BCUT2D eigenvalue weighted by atomic mass is 10.1. The molecule has 0 saturated heterocycles. The molecule has 0 aliphatic heterocycles. The lowest BCUT2D eigenvalue weighted by Gasteiger charge is -2.18. The number of carbonyl (C=O) groups excluding carboxylic acids is 1. The van der Waals surface area contributed by atoms with Crippen molar-refractivity contribution in [2.45, 2.75) is 37.2 Å². The summed E-state index contributed by atoms with van der Waals surface area (Å²) in [6.45, 7) is 0. The van der Waals surface area contributed by atoms with Gasteiger partial charge in [-0.15, -0.1) is 0 Å². The van der Waals surface area contributed by atoms with Gasteiger partial charge < -0.3 is 9.47 Å². The second-order valence-corrected chi connectivity index (χ2v) is 7.56. The molecule has 0 radical (unpaired) electrons. The molecule has 0 amide bonds. The molecule has 1 aromatic carbocycles. The van der Waals surface area contributed by atoms with Gasteiger partial charge in [-0.1, -0.05) is 12.1 Å². The largest absolute Gasteiger partial charge is 0.456 e. The van der Waals surface area contributed by atoms with Crippen molar-refractivity contribution in [3.63, 3.8) is 0 Å². The van der Waals surface area contributed by atoms with Gasteiger partial charge in [-0.05, 0) is 37.0 Å². The highest BCUT2D eigenvalue weighted by Gasteiger charge is 2.30. The number of sulfone groups is 1. The van der Waals surface area contributed by atoms with Crippen molar-refractivity contribution < 1.29 is 22.7 Å². The Kier molecular flexibility index (Phi) is 5.00. The van der Waals surface area contributed by atoms with Crippen LogP contribution in [0, 0.1) is 0 Å². The molecule has 1 aromatic rings. The van der Waals surface area contributed by atoms with E-state index in [0.717, 1.165) is 19.3 Å². The Morgan fingerprint density at radius 1 is 1.19 bits per heavy atom. The molecule has 5 nitrogen and oxygen atoms in total. The van der Waals surface area contributed by atoms with E-state index < -0.39 is 15.8 Å². The molecule has 21 heavy (non-hydrogen) atoms. The summed E-state index contributed by atoms with van der Waals surface area (Å²) in [6, 6.07) is 6.47. The zero-order valence-corrected chi connectivity index (χ0v) is 13.1. The van der Waals surface area contributed by atoms with Crippen molar-refractivity contribution in [1.29, 1.82) is 0 Å². The van der Waals surface area contributed by atoms with Crippen LogP contribution < -0.4 is 0 Å². The molecule has 1 saturated carbocycles. The minimum Gasteiger partial charge on any atom is -0.456 e. The van der Waals surface area contributed by atoms with E-state index in [2.05, 4.69) is 0 Å². The molecule has 1 fully saturated rings. The maximum atomic E-state index is 12.1. The van der Waals surface area contributed by atoms with Gasteiger partial charge in [0, 0.05) is 13.4 Å². The average molecular weight is 312 g/mol. The number of carbonyl (C=O) groups is 1. The van der Waals surface area contributed by atoms with E-state index in [9.17, 15) is 13.2 Å². The molecule has 0 spiro atoms. The molecule has 0 N–H and O–H groups in total. The smallest absolute Gasteiger partial charge is 0.338 e. The van der Waals surface area contributed by atoms with Crippen LogP contribution in [0.4, 0.5) is 0 Å². The Labute approximate surface area is 125 Å². The molecule has 0 unspecified atom stereocenters. The highest BCUT2D eigenvalue weighted by Crippen LogP contribution is 2.25. The van der Waals surface area contributed by atoms with Crippen LogP contribution in [0.1, 0.15) is 35.2 Å². The molecular formula is C15H20O5S. The fourth-order valence-corrected chi connectivity index (χ4v) is 3.34. The third-order valence-corrected chi connectivity index (χ3v) is 4.43. The normalized spacial score (nSPS) is 22.2. The summed E-state index contributed by atoms with van der Waals surface area (Å²) in [4.78, 5) is 12.1. The second kappa shape index (κ2) is 6.58. The number of hydrogen-bond acceptors (Lipinski definition) is 5. The van der Waals surface area contributed by atoms with Crippen LogP contribution in [-0.4, -0.2) is 40.0 Å². The molecule has 1 aliphatic carbocycles. The predicted octanol–water partition coefficient (Wildman–Crippen LogP) is 1.96. The summed E-state index contributed by atoms with van der Waals surface area (Å²) >= 11 is 0. The van der Waals surface area contributed by atoms with E-state index in [-0.39, 0.29) is 18.0 Å². The Bertz CT molecular complexity index is 591. The van der Waals surface area contributed by atoms with Gasteiger partial charge in [-0.25, -0.2) is 13.2 Å². The third kappa shape index (κ3) is 4.54. The monoisotopic (exact) mass is 312 g/mol. The second-order valence-electron chi connectivity index (χ2n) is 5.42. The topological polar surface area (TPSA) is 69.7 Å². The Morgan fingerprint density at radius 3 is 2.38 bits per heavy atom. The van der Waals surface area contributed by atoms with Crippen LogP contribution in [0.5, 0.6) is 0 Å². The number of hydrogen-bond donors (Lipinski definition) is 0. The van der Waals surface area contributed by atoms with E-state index in [0.29, 0.717) is 11.1 Å². The van der Waals surface area contributed by atoms with Crippen molar-refractivity contribution >= 4 is 15.8 Å². The molecule has 1 aliphatic rings. The van der Waals surface area contributed by atoms with Crippen LogP contribution in [-0.2, 0) is 25.1 Å². The molecule has 116 valence electrons. The number of benzene rings is 1. The highest BCUT2D eigenvalue weighted by molar-refractivity contribution is 7.89. The van der Waals surface area contributed by atoms with Gasteiger partial charge in [0.05, 0.1) is 17.4 Å². The van der Waals surface area contributed by atoms with E-state index in [1.54, 1.807) is 31.4 Å². The zero-order chi connectivity index (χ0) is 15.5. The zero-order valence-electron chi connectivity index (χ0n) is 12.2. The molecular weight excluding hydrogens is 292 g/mol.